The number of carbonyl (C=O) groups is 1. The Kier molecular flexibility index (Phi) is 4.31. The van der Waals surface area contributed by atoms with E-state index in [4.69, 9.17) is 5.73 Å². The molecule has 0 spiro atoms. The van der Waals surface area contributed by atoms with E-state index >= 15 is 0 Å². The quantitative estimate of drug-likeness (QED) is 0.795. The van der Waals surface area contributed by atoms with Crippen LogP contribution in [0.4, 0.5) is 5.69 Å². The van der Waals surface area contributed by atoms with Gasteiger partial charge < -0.3 is 11.1 Å². The fourth-order valence-electron chi connectivity index (χ4n) is 1.35. The highest BCUT2D eigenvalue weighted by molar-refractivity contribution is 5.90. The maximum atomic E-state index is 11.4. The van der Waals surface area contributed by atoms with Gasteiger partial charge in [-0.05, 0) is 31.0 Å². The molecule has 3 nitrogen and oxygen atoms in total. The smallest absolute Gasteiger partial charge is 0.224 e. The van der Waals surface area contributed by atoms with Crippen molar-refractivity contribution in [2.75, 3.05) is 5.32 Å². The molecule has 3 heteroatoms. The van der Waals surface area contributed by atoms with Crippen LogP contribution in [0, 0.1) is 0 Å². The van der Waals surface area contributed by atoms with Crippen LogP contribution in [0.2, 0.25) is 0 Å². The first-order chi connectivity index (χ1) is 7.13. The molecular weight excluding hydrogens is 188 g/mol. The summed E-state index contributed by atoms with van der Waals surface area (Å²) in [6.07, 6.45) is 1.42. The molecule has 1 atom stereocenters. The molecule has 0 fully saturated rings. The van der Waals surface area contributed by atoms with Crippen molar-refractivity contribution in [2.24, 2.45) is 5.73 Å². The average Bonchev–Trinajstić information content (AvgIpc) is 2.18. The highest BCUT2D eigenvalue weighted by Gasteiger charge is 2.03. The molecule has 15 heavy (non-hydrogen) atoms. The van der Waals surface area contributed by atoms with E-state index in [9.17, 15) is 4.79 Å². The van der Waals surface area contributed by atoms with Crippen molar-refractivity contribution in [3.8, 4) is 0 Å². The number of hydrogen-bond donors (Lipinski definition) is 2. The molecule has 0 saturated carbocycles. The van der Waals surface area contributed by atoms with Crippen LogP contribution in [-0.2, 0) is 4.79 Å². The van der Waals surface area contributed by atoms with E-state index in [1.165, 1.54) is 0 Å². The van der Waals surface area contributed by atoms with E-state index in [2.05, 4.69) is 5.32 Å². The summed E-state index contributed by atoms with van der Waals surface area (Å²) in [7, 11) is 0. The highest BCUT2D eigenvalue weighted by Crippen LogP contribution is 2.15. The maximum Gasteiger partial charge on any atom is 0.224 e. The molecule has 0 saturated heterocycles. The number of nitrogens with two attached hydrogens (primary N) is 1. The van der Waals surface area contributed by atoms with Crippen molar-refractivity contribution < 1.29 is 4.79 Å². The Morgan fingerprint density at radius 2 is 2.27 bits per heavy atom. The Morgan fingerprint density at radius 1 is 1.53 bits per heavy atom. The van der Waals surface area contributed by atoms with Crippen LogP contribution < -0.4 is 11.1 Å². The van der Waals surface area contributed by atoms with E-state index in [0.717, 1.165) is 17.7 Å². The zero-order valence-electron chi connectivity index (χ0n) is 9.29. The van der Waals surface area contributed by atoms with Gasteiger partial charge in [0.1, 0.15) is 0 Å². The van der Waals surface area contributed by atoms with Crippen molar-refractivity contribution >= 4 is 11.6 Å². The Bertz CT molecular complexity index is 334. The second-order valence-electron chi connectivity index (χ2n) is 3.71. The lowest BCUT2D eigenvalue weighted by Gasteiger charge is -2.09. The number of rotatable bonds is 4. The van der Waals surface area contributed by atoms with Gasteiger partial charge >= 0.3 is 0 Å². The summed E-state index contributed by atoms with van der Waals surface area (Å²) in [5, 5.41) is 2.84. The number of carbonyl (C=O) groups excluding carboxylic acids is 1. The van der Waals surface area contributed by atoms with Crippen LogP contribution >= 0.6 is 0 Å². The van der Waals surface area contributed by atoms with E-state index in [0.29, 0.717) is 6.42 Å². The summed E-state index contributed by atoms with van der Waals surface area (Å²) in [6.45, 7) is 3.91. The third-order valence-corrected chi connectivity index (χ3v) is 2.17. The summed E-state index contributed by atoms with van der Waals surface area (Å²) in [5.41, 5.74) is 7.61. The first-order valence-electron chi connectivity index (χ1n) is 5.29. The molecule has 0 aliphatic carbocycles. The molecule has 1 amide bonds. The minimum atomic E-state index is -0.00646. The molecule has 1 rings (SSSR count). The van der Waals surface area contributed by atoms with Gasteiger partial charge in [-0.2, -0.15) is 0 Å². The normalized spacial score (nSPS) is 12.2. The second-order valence-corrected chi connectivity index (χ2v) is 3.71. The Hall–Kier alpha value is -1.35. The molecule has 1 aromatic rings. The molecule has 0 aromatic heterocycles. The average molecular weight is 206 g/mol. The third kappa shape index (κ3) is 3.72. The van der Waals surface area contributed by atoms with Gasteiger partial charge in [-0.25, -0.2) is 0 Å². The number of amides is 1. The van der Waals surface area contributed by atoms with Crippen LogP contribution in [0.3, 0.4) is 0 Å². The lowest BCUT2D eigenvalue weighted by molar-refractivity contribution is -0.116. The van der Waals surface area contributed by atoms with Gasteiger partial charge in [0, 0.05) is 18.2 Å². The van der Waals surface area contributed by atoms with E-state index in [1.807, 2.05) is 38.1 Å². The van der Waals surface area contributed by atoms with E-state index in [-0.39, 0.29) is 11.9 Å². The molecule has 0 aliphatic rings. The second kappa shape index (κ2) is 5.51. The fraction of sp³-hybridized carbons (Fsp3) is 0.417. The predicted octanol–water partition coefficient (Wildman–Crippen LogP) is 2.44. The minimum Gasteiger partial charge on any atom is -0.326 e. The SMILES string of the molecule is CCCC(=O)Nc1cccc(C(C)N)c1. The maximum absolute atomic E-state index is 11.4. The molecule has 0 aliphatic heterocycles. The molecule has 0 heterocycles. The highest BCUT2D eigenvalue weighted by atomic mass is 16.1. The first-order valence-corrected chi connectivity index (χ1v) is 5.29. The van der Waals surface area contributed by atoms with E-state index < -0.39 is 0 Å². The fourth-order valence-corrected chi connectivity index (χ4v) is 1.35. The van der Waals surface area contributed by atoms with Gasteiger partial charge in [-0.3, -0.25) is 4.79 Å². The Labute approximate surface area is 90.7 Å². The molecule has 1 unspecified atom stereocenters. The van der Waals surface area contributed by atoms with Crippen molar-refractivity contribution in [3.05, 3.63) is 29.8 Å². The van der Waals surface area contributed by atoms with Crippen LogP contribution in [0.1, 0.15) is 38.3 Å². The van der Waals surface area contributed by atoms with Crippen LogP contribution in [-0.4, -0.2) is 5.91 Å². The summed E-state index contributed by atoms with van der Waals surface area (Å²) < 4.78 is 0. The zero-order chi connectivity index (χ0) is 11.3. The molecule has 3 N–H and O–H groups in total. The van der Waals surface area contributed by atoms with Gasteiger partial charge in [0.05, 0.1) is 0 Å². The molecule has 1 aromatic carbocycles. The number of anilines is 1. The standard InChI is InChI=1S/C12H18N2O/c1-3-5-12(15)14-11-7-4-6-10(8-11)9(2)13/h4,6-9H,3,5,13H2,1-2H3,(H,14,15). The van der Waals surface area contributed by atoms with Gasteiger partial charge in [0.15, 0.2) is 0 Å². The minimum absolute atomic E-state index is 0.00646. The monoisotopic (exact) mass is 206 g/mol. The lowest BCUT2D eigenvalue weighted by Crippen LogP contribution is -2.11. The van der Waals surface area contributed by atoms with Crippen LogP contribution in [0.15, 0.2) is 24.3 Å². The van der Waals surface area contributed by atoms with Gasteiger partial charge in [-0.15, -0.1) is 0 Å². The van der Waals surface area contributed by atoms with Crippen molar-refractivity contribution in [1.29, 1.82) is 0 Å². The predicted molar refractivity (Wildman–Crippen MR) is 62.6 cm³/mol. The molecule has 0 bridgehead atoms. The van der Waals surface area contributed by atoms with Gasteiger partial charge in [-0.1, -0.05) is 19.1 Å². The molecular formula is C12H18N2O. The largest absolute Gasteiger partial charge is 0.326 e. The lowest BCUT2D eigenvalue weighted by atomic mass is 10.1. The summed E-state index contributed by atoms with van der Waals surface area (Å²) in [5.74, 6) is 0.0549. The molecule has 82 valence electrons. The number of hydrogen-bond acceptors (Lipinski definition) is 2. The zero-order valence-corrected chi connectivity index (χ0v) is 9.29. The van der Waals surface area contributed by atoms with E-state index in [1.54, 1.807) is 0 Å². The number of benzene rings is 1. The number of nitrogens with one attached hydrogen (secondary N) is 1. The van der Waals surface area contributed by atoms with Crippen molar-refractivity contribution in [1.82, 2.24) is 0 Å². The Morgan fingerprint density at radius 3 is 2.87 bits per heavy atom. The van der Waals surface area contributed by atoms with Crippen LogP contribution in [0.25, 0.3) is 0 Å². The van der Waals surface area contributed by atoms with Gasteiger partial charge in [0.2, 0.25) is 5.91 Å². The topological polar surface area (TPSA) is 55.1 Å². The van der Waals surface area contributed by atoms with Crippen molar-refractivity contribution in [2.45, 2.75) is 32.7 Å². The summed E-state index contributed by atoms with van der Waals surface area (Å²) in [6, 6.07) is 7.64. The summed E-state index contributed by atoms with van der Waals surface area (Å²) in [4.78, 5) is 11.4. The summed E-state index contributed by atoms with van der Waals surface area (Å²) >= 11 is 0. The van der Waals surface area contributed by atoms with Crippen molar-refractivity contribution in [3.63, 3.8) is 0 Å². The third-order valence-electron chi connectivity index (χ3n) is 2.17. The van der Waals surface area contributed by atoms with Gasteiger partial charge in [0.25, 0.3) is 0 Å². The molecule has 0 radical (unpaired) electrons. The Balaban J connectivity index is 2.69. The van der Waals surface area contributed by atoms with Crippen LogP contribution in [0.5, 0.6) is 0 Å². The first kappa shape index (κ1) is 11.7.